The lowest BCUT2D eigenvalue weighted by Gasteiger charge is -2.29. The molecule has 0 atom stereocenters. The maximum Gasteiger partial charge on any atom is 0.251 e. The van der Waals surface area contributed by atoms with Crippen LogP contribution in [0.1, 0.15) is 36.9 Å². The van der Waals surface area contributed by atoms with E-state index in [0.29, 0.717) is 6.42 Å². The fourth-order valence-corrected chi connectivity index (χ4v) is 3.27. The van der Waals surface area contributed by atoms with Crippen molar-refractivity contribution < 1.29 is 14.3 Å². The molecule has 3 rings (SSSR count). The topological polar surface area (TPSA) is 97.1 Å². The number of rotatable bonds is 6. The molecule has 1 amide bonds. The van der Waals surface area contributed by atoms with E-state index >= 15 is 0 Å². The Balaban J connectivity index is 1.48. The first kappa shape index (κ1) is 18.6. The standard InChI is InChI=1S/C20H22N4O3/c1-26-18-5-3-2-4-14(18)12-19(25)24-15-6-8-16(9-7-15)27-20-17(13-21)22-10-11-23-20/h2-5,10-11,15-16H,6-9,12H2,1H3,(H,24,25). The Morgan fingerprint density at radius 2 is 1.96 bits per heavy atom. The molecule has 140 valence electrons. The van der Waals surface area contributed by atoms with Crippen LogP contribution < -0.4 is 14.8 Å². The summed E-state index contributed by atoms with van der Waals surface area (Å²) in [6, 6.07) is 9.65. The fraction of sp³-hybridized carbons (Fsp3) is 0.400. The summed E-state index contributed by atoms with van der Waals surface area (Å²) < 4.78 is 11.1. The molecule has 0 spiro atoms. The number of nitriles is 1. The molecule has 1 aromatic heterocycles. The molecule has 1 aliphatic carbocycles. The van der Waals surface area contributed by atoms with Gasteiger partial charge in [-0.2, -0.15) is 5.26 Å². The third-order valence-corrected chi connectivity index (χ3v) is 4.63. The summed E-state index contributed by atoms with van der Waals surface area (Å²) in [5, 5.41) is 12.2. The summed E-state index contributed by atoms with van der Waals surface area (Å²) in [6.07, 6.45) is 6.50. The van der Waals surface area contributed by atoms with Crippen molar-refractivity contribution in [2.24, 2.45) is 0 Å². The van der Waals surface area contributed by atoms with E-state index in [1.165, 1.54) is 12.4 Å². The predicted octanol–water partition coefficient (Wildman–Crippen LogP) is 2.41. The van der Waals surface area contributed by atoms with E-state index in [0.717, 1.165) is 37.0 Å². The number of ether oxygens (including phenoxy) is 2. The van der Waals surface area contributed by atoms with Crippen LogP contribution >= 0.6 is 0 Å². The molecular formula is C20H22N4O3. The van der Waals surface area contributed by atoms with E-state index < -0.39 is 0 Å². The van der Waals surface area contributed by atoms with Crippen molar-refractivity contribution in [1.29, 1.82) is 5.26 Å². The lowest BCUT2D eigenvalue weighted by molar-refractivity contribution is -0.121. The van der Waals surface area contributed by atoms with Gasteiger partial charge in [-0.1, -0.05) is 18.2 Å². The van der Waals surface area contributed by atoms with Crippen molar-refractivity contribution in [2.45, 2.75) is 44.2 Å². The number of carbonyl (C=O) groups excluding carboxylic acids is 1. The quantitative estimate of drug-likeness (QED) is 0.843. The summed E-state index contributed by atoms with van der Waals surface area (Å²) in [6.45, 7) is 0. The normalized spacial score (nSPS) is 19.0. The first-order chi connectivity index (χ1) is 13.2. The number of nitrogens with one attached hydrogen (secondary N) is 1. The molecule has 0 radical (unpaired) electrons. The van der Waals surface area contributed by atoms with Gasteiger partial charge in [0.1, 0.15) is 17.9 Å². The van der Waals surface area contributed by atoms with Crippen LogP contribution in [0.3, 0.4) is 0 Å². The smallest absolute Gasteiger partial charge is 0.251 e. The Bertz CT molecular complexity index is 826. The van der Waals surface area contributed by atoms with Gasteiger partial charge in [-0.05, 0) is 31.7 Å². The van der Waals surface area contributed by atoms with Crippen LogP contribution in [-0.2, 0) is 11.2 Å². The number of benzene rings is 1. The van der Waals surface area contributed by atoms with Crippen molar-refractivity contribution in [3.63, 3.8) is 0 Å². The Kier molecular flexibility index (Phi) is 6.21. The zero-order valence-electron chi connectivity index (χ0n) is 15.2. The summed E-state index contributed by atoms with van der Waals surface area (Å²) in [7, 11) is 1.60. The molecular weight excluding hydrogens is 344 g/mol. The Hall–Kier alpha value is -3.14. The van der Waals surface area contributed by atoms with Crippen LogP contribution in [0, 0.1) is 11.3 Å². The molecule has 1 heterocycles. The molecule has 7 heteroatoms. The van der Waals surface area contributed by atoms with E-state index in [9.17, 15) is 4.79 Å². The molecule has 1 aliphatic rings. The van der Waals surface area contributed by atoms with Gasteiger partial charge in [0, 0.05) is 24.0 Å². The highest BCUT2D eigenvalue weighted by atomic mass is 16.5. The molecule has 0 unspecified atom stereocenters. The van der Waals surface area contributed by atoms with Gasteiger partial charge in [0.15, 0.2) is 0 Å². The molecule has 7 nitrogen and oxygen atoms in total. The van der Waals surface area contributed by atoms with Gasteiger partial charge in [-0.15, -0.1) is 0 Å². The number of carbonyl (C=O) groups is 1. The van der Waals surface area contributed by atoms with Gasteiger partial charge in [-0.3, -0.25) is 4.79 Å². The molecule has 1 aromatic carbocycles. The second-order valence-electron chi connectivity index (χ2n) is 6.47. The minimum absolute atomic E-state index is 0.00967. The lowest BCUT2D eigenvalue weighted by atomic mass is 9.92. The van der Waals surface area contributed by atoms with Crippen LogP contribution in [0.4, 0.5) is 0 Å². The Labute approximate surface area is 158 Å². The molecule has 0 bridgehead atoms. The predicted molar refractivity (Wildman–Crippen MR) is 98.3 cm³/mol. The highest BCUT2D eigenvalue weighted by Gasteiger charge is 2.25. The first-order valence-corrected chi connectivity index (χ1v) is 8.98. The average molecular weight is 366 g/mol. The third-order valence-electron chi connectivity index (χ3n) is 4.63. The van der Waals surface area contributed by atoms with Crippen molar-refractivity contribution in [3.05, 3.63) is 47.9 Å². The molecule has 1 saturated carbocycles. The van der Waals surface area contributed by atoms with Gasteiger partial charge in [0.2, 0.25) is 11.6 Å². The van der Waals surface area contributed by atoms with Crippen molar-refractivity contribution in [3.8, 4) is 17.7 Å². The minimum atomic E-state index is -0.0174. The van der Waals surface area contributed by atoms with Gasteiger partial charge in [0.25, 0.3) is 5.88 Å². The van der Waals surface area contributed by atoms with Crippen LogP contribution in [0.15, 0.2) is 36.7 Å². The molecule has 27 heavy (non-hydrogen) atoms. The van der Waals surface area contributed by atoms with E-state index in [1.54, 1.807) is 7.11 Å². The maximum absolute atomic E-state index is 12.4. The summed E-state index contributed by atoms with van der Waals surface area (Å²) in [5.74, 6) is 0.996. The van der Waals surface area contributed by atoms with E-state index in [-0.39, 0.29) is 29.6 Å². The Morgan fingerprint density at radius 3 is 2.70 bits per heavy atom. The van der Waals surface area contributed by atoms with Crippen LogP contribution in [0.5, 0.6) is 11.6 Å². The molecule has 1 N–H and O–H groups in total. The van der Waals surface area contributed by atoms with Gasteiger partial charge in [-0.25, -0.2) is 9.97 Å². The average Bonchev–Trinajstić information content (AvgIpc) is 2.70. The summed E-state index contributed by atoms with van der Waals surface area (Å²) in [5.41, 5.74) is 1.07. The van der Waals surface area contributed by atoms with E-state index in [1.807, 2.05) is 30.3 Å². The number of amides is 1. The van der Waals surface area contributed by atoms with E-state index in [2.05, 4.69) is 15.3 Å². The zero-order chi connectivity index (χ0) is 19.1. The number of para-hydroxylation sites is 1. The molecule has 0 aliphatic heterocycles. The Morgan fingerprint density at radius 1 is 1.22 bits per heavy atom. The van der Waals surface area contributed by atoms with Gasteiger partial charge >= 0.3 is 0 Å². The summed E-state index contributed by atoms with van der Waals surface area (Å²) in [4.78, 5) is 20.4. The van der Waals surface area contributed by atoms with Crippen LogP contribution in [0.2, 0.25) is 0 Å². The number of hydrogen-bond acceptors (Lipinski definition) is 6. The zero-order valence-corrected chi connectivity index (χ0v) is 15.2. The molecule has 2 aromatic rings. The minimum Gasteiger partial charge on any atom is -0.496 e. The number of aromatic nitrogens is 2. The fourth-order valence-electron chi connectivity index (χ4n) is 3.27. The largest absolute Gasteiger partial charge is 0.496 e. The maximum atomic E-state index is 12.4. The van der Waals surface area contributed by atoms with Gasteiger partial charge in [0.05, 0.1) is 13.5 Å². The third kappa shape index (κ3) is 4.94. The van der Waals surface area contributed by atoms with Crippen molar-refractivity contribution in [2.75, 3.05) is 7.11 Å². The van der Waals surface area contributed by atoms with Crippen LogP contribution in [0.25, 0.3) is 0 Å². The molecule has 0 saturated heterocycles. The van der Waals surface area contributed by atoms with Crippen molar-refractivity contribution >= 4 is 5.91 Å². The molecule has 1 fully saturated rings. The SMILES string of the molecule is COc1ccccc1CC(=O)NC1CCC(Oc2nccnc2C#N)CC1. The highest BCUT2D eigenvalue weighted by molar-refractivity contribution is 5.79. The number of nitrogens with zero attached hydrogens (tertiary/aromatic N) is 3. The van der Waals surface area contributed by atoms with Crippen molar-refractivity contribution in [1.82, 2.24) is 15.3 Å². The van der Waals surface area contributed by atoms with Gasteiger partial charge < -0.3 is 14.8 Å². The van der Waals surface area contributed by atoms with E-state index in [4.69, 9.17) is 14.7 Å². The first-order valence-electron chi connectivity index (χ1n) is 8.98. The lowest BCUT2D eigenvalue weighted by Crippen LogP contribution is -2.40. The monoisotopic (exact) mass is 366 g/mol. The van der Waals surface area contributed by atoms with Crippen LogP contribution in [-0.4, -0.2) is 35.1 Å². The highest BCUT2D eigenvalue weighted by Crippen LogP contribution is 2.24. The second-order valence-corrected chi connectivity index (χ2v) is 6.47. The number of methoxy groups -OCH3 is 1. The second kappa shape index (κ2) is 8.99. The summed E-state index contributed by atoms with van der Waals surface area (Å²) >= 11 is 0. The number of hydrogen-bond donors (Lipinski definition) is 1.